The number of hydrogen-bond donors (Lipinski definition) is 3. The molecule has 0 spiro atoms. The number of likely N-dealkylation sites (tertiary alicyclic amines) is 1. The van der Waals surface area contributed by atoms with Gasteiger partial charge in [0, 0.05) is 17.5 Å². The number of nitrogens with zero attached hydrogens (tertiary/aromatic N) is 5. The molecule has 2 aromatic heterocycles. The van der Waals surface area contributed by atoms with Crippen molar-refractivity contribution in [2.45, 2.75) is 56.8 Å². The largest absolute Gasteiger partial charge is 0.391 e. The standard InChI is InChI=1S/C24H27N7O4/c25-23(34)22-16-11-14(15-8-9-26-27-12-15)6-7-18(16)31(29-22)13-21(33)30-10-2-4-19(30)24(35)28-17-3-1-5-20(17)32/h6-9,11-12,17,19-20,32H,1-5,10,13H2,(H2,25,34)(H,28,35)/t17-,19+,20-/m1/s1. The maximum Gasteiger partial charge on any atom is 0.269 e. The van der Waals surface area contributed by atoms with Crippen LogP contribution in [-0.4, -0.2) is 72.4 Å². The molecule has 11 nitrogen and oxygen atoms in total. The summed E-state index contributed by atoms with van der Waals surface area (Å²) in [6.45, 7) is 0.334. The molecule has 182 valence electrons. The lowest BCUT2D eigenvalue weighted by Gasteiger charge is -2.26. The number of fused-ring (bicyclic) bond motifs is 1. The van der Waals surface area contributed by atoms with Crippen molar-refractivity contribution >= 4 is 28.6 Å². The summed E-state index contributed by atoms with van der Waals surface area (Å²) in [6.07, 6.45) is 6.21. The molecule has 1 aliphatic heterocycles. The molecule has 1 saturated heterocycles. The van der Waals surface area contributed by atoms with Crippen molar-refractivity contribution in [2.24, 2.45) is 5.73 Å². The Morgan fingerprint density at radius 2 is 1.94 bits per heavy atom. The number of nitrogens with one attached hydrogen (secondary N) is 1. The van der Waals surface area contributed by atoms with E-state index in [1.807, 2.05) is 6.07 Å². The first-order chi connectivity index (χ1) is 16.9. The summed E-state index contributed by atoms with van der Waals surface area (Å²) in [5.74, 6) is -1.20. The number of carbonyl (C=O) groups is 3. The molecule has 3 aromatic rings. The molecule has 2 aliphatic rings. The summed E-state index contributed by atoms with van der Waals surface area (Å²) in [5, 5.41) is 25.5. The van der Waals surface area contributed by atoms with Crippen LogP contribution in [0.15, 0.2) is 36.7 Å². The van der Waals surface area contributed by atoms with Gasteiger partial charge in [0.2, 0.25) is 11.8 Å². The van der Waals surface area contributed by atoms with E-state index in [1.54, 1.807) is 35.5 Å². The van der Waals surface area contributed by atoms with E-state index < -0.39 is 18.1 Å². The van der Waals surface area contributed by atoms with E-state index >= 15 is 0 Å². The number of aliphatic hydroxyl groups excluding tert-OH is 1. The van der Waals surface area contributed by atoms with Crippen LogP contribution in [-0.2, 0) is 16.1 Å². The topological polar surface area (TPSA) is 156 Å². The third kappa shape index (κ3) is 4.46. The second kappa shape index (κ2) is 9.41. The van der Waals surface area contributed by atoms with Crippen molar-refractivity contribution in [3.05, 3.63) is 42.4 Å². The monoisotopic (exact) mass is 477 g/mol. The fourth-order valence-corrected chi connectivity index (χ4v) is 5.07. The first-order valence-corrected chi connectivity index (χ1v) is 11.8. The van der Waals surface area contributed by atoms with Crippen molar-refractivity contribution in [2.75, 3.05) is 6.54 Å². The molecular weight excluding hydrogens is 450 g/mol. The quantitative estimate of drug-likeness (QED) is 0.470. The van der Waals surface area contributed by atoms with Crippen molar-refractivity contribution in [3.63, 3.8) is 0 Å². The zero-order valence-electron chi connectivity index (χ0n) is 19.1. The highest BCUT2D eigenvalue weighted by Gasteiger charge is 2.37. The molecule has 4 N–H and O–H groups in total. The lowest BCUT2D eigenvalue weighted by molar-refractivity contribution is -0.139. The zero-order chi connectivity index (χ0) is 24.5. The molecule has 2 fully saturated rings. The molecule has 11 heteroatoms. The van der Waals surface area contributed by atoms with E-state index in [9.17, 15) is 19.5 Å². The summed E-state index contributed by atoms with van der Waals surface area (Å²) < 4.78 is 1.46. The Kier molecular flexibility index (Phi) is 6.16. The molecule has 3 atom stereocenters. The fourth-order valence-electron chi connectivity index (χ4n) is 5.07. The Morgan fingerprint density at radius 1 is 1.09 bits per heavy atom. The first kappa shape index (κ1) is 22.9. The minimum Gasteiger partial charge on any atom is -0.391 e. The van der Waals surface area contributed by atoms with Gasteiger partial charge in [0.1, 0.15) is 12.6 Å². The minimum absolute atomic E-state index is 0.0719. The van der Waals surface area contributed by atoms with Gasteiger partial charge in [0.05, 0.1) is 30.1 Å². The van der Waals surface area contributed by atoms with Crippen LogP contribution in [0.2, 0.25) is 0 Å². The van der Waals surface area contributed by atoms with Gasteiger partial charge in [0.25, 0.3) is 5.91 Å². The van der Waals surface area contributed by atoms with Gasteiger partial charge in [-0.3, -0.25) is 19.1 Å². The second-order valence-electron chi connectivity index (χ2n) is 9.09. The Balaban J connectivity index is 1.38. The highest BCUT2D eigenvalue weighted by atomic mass is 16.3. The number of aromatic nitrogens is 4. The van der Waals surface area contributed by atoms with Crippen LogP contribution in [0.4, 0.5) is 0 Å². The minimum atomic E-state index is -0.695. The number of aliphatic hydroxyl groups is 1. The van der Waals surface area contributed by atoms with Gasteiger partial charge < -0.3 is 21.1 Å². The molecule has 35 heavy (non-hydrogen) atoms. The lowest BCUT2D eigenvalue weighted by atomic mass is 10.0. The van der Waals surface area contributed by atoms with E-state index in [4.69, 9.17) is 5.73 Å². The zero-order valence-corrected chi connectivity index (χ0v) is 19.1. The van der Waals surface area contributed by atoms with Gasteiger partial charge >= 0.3 is 0 Å². The van der Waals surface area contributed by atoms with Crippen LogP contribution < -0.4 is 11.1 Å². The lowest BCUT2D eigenvalue weighted by Crippen LogP contribution is -2.51. The Morgan fingerprint density at radius 3 is 2.66 bits per heavy atom. The van der Waals surface area contributed by atoms with Gasteiger partial charge in [0.15, 0.2) is 5.69 Å². The molecular formula is C24H27N7O4. The summed E-state index contributed by atoms with van der Waals surface area (Å²) >= 11 is 0. The molecule has 5 rings (SSSR count). The Hall–Kier alpha value is -3.86. The Labute approximate surface area is 201 Å². The van der Waals surface area contributed by atoms with E-state index in [0.717, 1.165) is 24.0 Å². The normalized spacial score (nSPS) is 22.0. The number of hydrogen-bond acceptors (Lipinski definition) is 7. The number of amides is 3. The predicted octanol–water partition coefficient (Wildman–Crippen LogP) is 0.613. The average molecular weight is 478 g/mol. The van der Waals surface area contributed by atoms with Crippen LogP contribution >= 0.6 is 0 Å². The van der Waals surface area contributed by atoms with Gasteiger partial charge in [-0.2, -0.15) is 15.3 Å². The summed E-state index contributed by atoms with van der Waals surface area (Å²) in [4.78, 5) is 39.8. The van der Waals surface area contributed by atoms with E-state index in [2.05, 4.69) is 20.6 Å². The average Bonchev–Trinajstić information content (AvgIpc) is 3.59. The number of primary amides is 1. The summed E-state index contributed by atoms with van der Waals surface area (Å²) in [7, 11) is 0. The maximum absolute atomic E-state index is 13.2. The van der Waals surface area contributed by atoms with Crippen molar-refractivity contribution < 1.29 is 19.5 Å². The maximum atomic E-state index is 13.2. The van der Waals surface area contributed by atoms with Crippen LogP contribution in [0.1, 0.15) is 42.6 Å². The first-order valence-electron chi connectivity index (χ1n) is 11.8. The smallest absolute Gasteiger partial charge is 0.269 e. The number of rotatable bonds is 6. The molecule has 3 heterocycles. The van der Waals surface area contributed by atoms with E-state index in [0.29, 0.717) is 36.7 Å². The third-order valence-electron chi connectivity index (χ3n) is 6.87. The summed E-state index contributed by atoms with van der Waals surface area (Å²) in [5.41, 5.74) is 7.87. The number of nitrogens with two attached hydrogens (primary N) is 1. The summed E-state index contributed by atoms with van der Waals surface area (Å²) in [6, 6.07) is 6.38. The predicted molar refractivity (Wildman–Crippen MR) is 126 cm³/mol. The molecule has 0 radical (unpaired) electrons. The fraction of sp³-hybridized carbons (Fsp3) is 0.417. The van der Waals surface area contributed by atoms with Gasteiger partial charge in [-0.25, -0.2) is 0 Å². The second-order valence-corrected chi connectivity index (χ2v) is 9.09. The van der Waals surface area contributed by atoms with Crippen LogP contribution in [0.3, 0.4) is 0 Å². The van der Waals surface area contributed by atoms with Gasteiger partial charge in [-0.15, -0.1) is 0 Å². The van der Waals surface area contributed by atoms with Crippen molar-refractivity contribution in [3.8, 4) is 11.1 Å². The molecule has 1 aliphatic carbocycles. The highest BCUT2D eigenvalue weighted by molar-refractivity contribution is 6.05. The molecule has 0 bridgehead atoms. The van der Waals surface area contributed by atoms with Crippen LogP contribution in [0, 0.1) is 0 Å². The van der Waals surface area contributed by atoms with Gasteiger partial charge in [-0.1, -0.05) is 6.07 Å². The van der Waals surface area contributed by atoms with Crippen LogP contribution in [0.25, 0.3) is 22.0 Å². The molecule has 3 amide bonds. The molecule has 1 aromatic carbocycles. The molecule has 0 unspecified atom stereocenters. The Bertz CT molecular complexity index is 1280. The van der Waals surface area contributed by atoms with E-state index in [1.165, 1.54) is 4.68 Å². The van der Waals surface area contributed by atoms with Crippen LogP contribution in [0.5, 0.6) is 0 Å². The SMILES string of the molecule is NC(=O)c1nn(CC(=O)N2CCC[C@H]2C(=O)N[C@@H]2CCC[C@H]2O)c2ccc(-c3ccnnc3)cc12. The number of benzene rings is 1. The third-order valence-corrected chi connectivity index (χ3v) is 6.87. The van der Waals surface area contributed by atoms with Crippen molar-refractivity contribution in [1.82, 2.24) is 30.2 Å². The molecule has 1 saturated carbocycles. The van der Waals surface area contributed by atoms with Gasteiger partial charge in [-0.05, 0) is 55.9 Å². The number of carbonyl (C=O) groups excluding carboxylic acids is 3. The van der Waals surface area contributed by atoms with E-state index in [-0.39, 0.29) is 30.1 Å². The van der Waals surface area contributed by atoms with Crippen molar-refractivity contribution in [1.29, 1.82) is 0 Å². The highest BCUT2D eigenvalue weighted by Crippen LogP contribution is 2.27.